The number of methoxy groups -OCH3 is 1. The Morgan fingerprint density at radius 1 is 1.21 bits per heavy atom. The molecular weight excluding hydrogens is 236 g/mol. The van der Waals surface area contributed by atoms with Gasteiger partial charge < -0.3 is 9.47 Å². The van der Waals surface area contributed by atoms with Gasteiger partial charge >= 0.3 is 0 Å². The normalized spacial score (nSPS) is 12.1. The van der Waals surface area contributed by atoms with Crippen LogP contribution >= 0.6 is 0 Å². The molecule has 0 aliphatic carbocycles. The van der Waals surface area contributed by atoms with Crippen molar-refractivity contribution in [1.82, 2.24) is 0 Å². The van der Waals surface area contributed by atoms with E-state index in [1.807, 2.05) is 13.0 Å². The summed E-state index contributed by atoms with van der Waals surface area (Å²) in [6.07, 6.45) is 5.17. The third-order valence-corrected chi connectivity index (χ3v) is 3.06. The number of aryl methyl sites for hydroxylation is 1. The van der Waals surface area contributed by atoms with E-state index in [1.165, 1.54) is 11.1 Å². The van der Waals surface area contributed by atoms with Crippen LogP contribution < -0.4 is 4.74 Å². The second-order valence-corrected chi connectivity index (χ2v) is 5.72. The molecule has 106 valence electrons. The van der Waals surface area contributed by atoms with Crippen LogP contribution in [-0.4, -0.2) is 13.9 Å². The summed E-state index contributed by atoms with van der Waals surface area (Å²) in [6, 6.07) is 4.44. The fourth-order valence-electron chi connectivity index (χ4n) is 2.06. The predicted octanol–water partition coefficient (Wildman–Crippen LogP) is 4.56. The van der Waals surface area contributed by atoms with E-state index in [9.17, 15) is 0 Å². The summed E-state index contributed by atoms with van der Waals surface area (Å²) in [5, 5.41) is 0. The summed E-state index contributed by atoms with van der Waals surface area (Å²) in [5.41, 5.74) is 3.74. The fourth-order valence-corrected chi connectivity index (χ4v) is 2.06. The van der Waals surface area contributed by atoms with Gasteiger partial charge in [-0.05, 0) is 30.4 Å². The lowest BCUT2D eigenvalue weighted by Crippen LogP contribution is -2.15. The van der Waals surface area contributed by atoms with Crippen LogP contribution in [0.15, 0.2) is 18.2 Å². The largest absolute Gasteiger partial charge is 0.467 e. The minimum Gasteiger partial charge on any atom is -0.467 e. The van der Waals surface area contributed by atoms with E-state index in [0.717, 1.165) is 17.7 Å². The van der Waals surface area contributed by atoms with Crippen molar-refractivity contribution < 1.29 is 9.47 Å². The molecule has 0 radical (unpaired) electrons. The van der Waals surface area contributed by atoms with Crippen molar-refractivity contribution in [2.75, 3.05) is 13.9 Å². The smallest absolute Gasteiger partial charge is 0.188 e. The van der Waals surface area contributed by atoms with E-state index in [0.29, 0.717) is 0 Å². The molecule has 0 spiro atoms. The predicted molar refractivity (Wildman–Crippen MR) is 81.7 cm³/mol. The van der Waals surface area contributed by atoms with Crippen LogP contribution in [0, 0.1) is 0 Å². The van der Waals surface area contributed by atoms with E-state index in [2.05, 4.69) is 45.9 Å². The first-order valence-corrected chi connectivity index (χ1v) is 6.85. The van der Waals surface area contributed by atoms with Crippen molar-refractivity contribution in [2.45, 2.75) is 46.5 Å². The number of benzene rings is 1. The van der Waals surface area contributed by atoms with E-state index < -0.39 is 0 Å². The zero-order valence-corrected chi connectivity index (χ0v) is 13.0. The topological polar surface area (TPSA) is 18.5 Å². The number of hydrogen-bond acceptors (Lipinski definition) is 2. The molecule has 0 saturated carbocycles. The van der Waals surface area contributed by atoms with Gasteiger partial charge in [-0.25, -0.2) is 0 Å². The SMILES string of the molecule is C/C=C/c1cc(CC)cc(C(C)(C)C)c1OCOC. The highest BCUT2D eigenvalue weighted by Gasteiger charge is 2.21. The molecule has 0 unspecified atom stereocenters. The highest BCUT2D eigenvalue weighted by molar-refractivity contribution is 5.62. The Balaban J connectivity index is 3.42. The monoisotopic (exact) mass is 262 g/mol. The number of ether oxygens (including phenoxy) is 2. The fraction of sp³-hybridized carbons (Fsp3) is 0.529. The summed E-state index contributed by atoms with van der Waals surface area (Å²) in [7, 11) is 1.65. The number of allylic oxidation sites excluding steroid dienone is 1. The van der Waals surface area contributed by atoms with Crippen molar-refractivity contribution >= 4 is 6.08 Å². The van der Waals surface area contributed by atoms with Crippen LogP contribution in [-0.2, 0) is 16.6 Å². The summed E-state index contributed by atoms with van der Waals surface area (Å²) in [6.45, 7) is 11.1. The van der Waals surface area contributed by atoms with Crippen molar-refractivity contribution in [2.24, 2.45) is 0 Å². The quantitative estimate of drug-likeness (QED) is 0.724. The molecular formula is C17H26O2. The Morgan fingerprint density at radius 3 is 2.37 bits per heavy atom. The molecule has 2 nitrogen and oxygen atoms in total. The van der Waals surface area contributed by atoms with Crippen LogP contribution in [0.25, 0.3) is 6.08 Å². The van der Waals surface area contributed by atoms with Crippen LogP contribution in [0.3, 0.4) is 0 Å². The van der Waals surface area contributed by atoms with Gasteiger partial charge in [0.1, 0.15) is 5.75 Å². The molecule has 0 aliphatic heterocycles. The third-order valence-electron chi connectivity index (χ3n) is 3.06. The van der Waals surface area contributed by atoms with Crippen LogP contribution in [0.1, 0.15) is 51.3 Å². The number of rotatable bonds is 5. The van der Waals surface area contributed by atoms with E-state index in [4.69, 9.17) is 9.47 Å². The van der Waals surface area contributed by atoms with Crippen LogP contribution in [0.4, 0.5) is 0 Å². The van der Waals surface area contributed by atoms with Gasteiger partial charge in [0.2, 0.25) is 0 Å². The Labute approximate surface area is 117 Å². The Hall–Kier alpha value is -1.28. The lowest BCUT2D eigenvalue weighted by Gasteiger charge is -2.25. The van der Waals surface area contributed by atoms with Gasteiger partial charge in [0.15, 0.2) is 6.79 Å². The molecule has 0 bridgehead atoms. The maximum Gasteiger partial charge on any atom is 0.188 e. The van der Waals surface area contributed by atoms with Gasteiger partial charge in [0.25, 0.3) is 0 Å². The minimum atomic E-state index is 0.0462. The van der Waals surface area contributed by atoms with Gasteiger partial charge in [0.05, 0.1) is 0 Å². The molecule has 19 heavy (non-hydrogen) atoms. The van der Waals surface area contributed by atoms with Crippen LogP contribution in [0.5, 0.6) is 5.75 Å². The molecule has 0 fully saturated rings. The second kappa shape index (κ2) is 6.76. The van der Waals surface area contributed by atoms with Crippen molar-refractivity contribution in [3.8, 4) is 5.75 Å². The van der Waals surface area contributed by atoms with Crippen molar-refractivity contribution in [3.05, 3.63) is 34.9 Å². The first-order valence-electron chi connectivity index (χ1n) is 6.85. The summed E-state index contributed by atoms with van der Waals surface area (Å²) in [4.78, 5) is 0. The maximum atomic E-state index is 5.82. The second-order valence-electron chi connectivity index (χ2n) is 5.72. The highest BCUT2D eigenvalue weighted by Crippen LogP contribution is 2.36. The van der Waals surface area contributed by atoms with Gasteiger partial charge in [0, 0.05) is 18.2 Å². The third kappa shape index (κ3) is 4.10. The Kier molecular flexibility index (Phi) is 5.61. The van der Waals surface area contributed by atoms with Crippen molar-refractivity contribution in [1.29, 1.82) is 0 Å². The van der Waals surface area contributed by atoms with Crippen LogP contribution in [0.2, 0.25) is 0 Å². The molecule has 0 N–H and O–H groups in total. The van der Waals surface area contributed by atoms with Gasteiger partial charge in [-0.3, -0.25) is 0 Å². The average Bonchev–Trinajstić information content (AvgIpc) is 2.35. The lowest BCUT2D eigenvalue weighted by atomic mass is 9.83. The van der Waals surface area contributed by atoms with E-state index in [-0.39, 0.29) is 12.2 Å². The summed E-state index contributed by atoms with van der Waals surface area (Å²) >= 11 is 0. The average molecular weight is 262 g/mol. The zero-order valence-electron chi connectivity index (χ0n) is 13.0. The highest BCUT2D eigenvalue weighted by atomic mass is 16.7. The first-order chi connectivity index (χ1) is 8.93. The Bertz CT molecular complexity index is 439. The maximum absolute atomic E-state index is 5.82. The first kappa shape index (κ1) is 15.8. The molecule has 2 heteroatoms. The standard InChI is InChI=1S/C17H26O2/c1-7-9-14-10-13(8-2)11-15(17(3,4)5)16(14)19-12-18-6/h7,9-11H,8,12H2,1-6H3/b9-7+. The molecule has 0 atom stereocenters. The van der Waals surface area contributed by atoms with E-state index in [1.54, 1.807) is 7.11 Å². The van der Waals surface area contributed by atoms with Crippen molar-refractivity contribution in [3.63, 3.8) is 0 Å². The molecule has 1 rings (SSSR count). The summed E-state index contributed by atoms with van der Waals surface area (Å²) < 4.78 is 10.9. The van der Waals surface area contributed by atoms with Gasteiger partial charge in [-0.15, -0.1) is 0 Å². The molecule has 0 heterocycles. The van der Waals surface area contributed by atoms with Gasteiger partial charge in [-0.1, -0.05) is 45.9 Å². The lowest BCUT2D eigenvalue weighted by molar-refractivity contribution is 0.0496. The molecule has 0 amide bonds. The Morgan fingerprint density at radius 2 is 1.89 bits per heavy atom. The minimum absolute atomic E-state index is 0.0462. The van der Waals surface area contributed by atoms with E-state index >= 15 is 0 Å². The molecule has 0 saturated heterocycles. The number of hydrogen-bond donors (Lipinski definition) is 0. The molecule has 1 aromatic carbocycles. The molecule has 0 aliphatic rings. The van der Waals surface area contributed by atoms with Gasteiger partial charge in [-0.2, -0.15) is 0 Å². The zero-order chi connectivity index (χ0) is 14.5. The molecule has 0 aromatic heterocycles. The summed E-state index contributed by atoms with van der Waals surface area (Å²) in [5.74, 6) is 0.935. The molecule has 1 aromatic rings.